The van der Waals surface area contributed by atoms with Crippen LogP contribution >= 0.6 is 0 Å². The Morgan fingerprint density at radius 3 is 2.67 bits per heavy atom. The SMILES string of the molecule is O=C(N[C@@H]1CN2CCC1CC2)c1cccc2oc(Cc3ccccc3)nc12. The van der Waals surface area contributed by atoms with E-state index in [1.165, 1.54) is 25.9 Å². The molecule has 138 valence electrons. The van der Waals surface area contributed by atoms with Gasteiger partial charge in [-0.1, -0.05) is 36.4 Å². The maximum absolute atomic E-state index is 13.0. The molecule has 27 heavy (non-hydrogen) atoms. The van der Waals surface area contributed by atoms with Crippen LogP contribution in [0.25, 0.3) is 11.1 Å². The minimum Gasteiger partial charge on any atom is -0.440 e. The van der Waals surface area contributed by atoms with Crippen molar-refractivity contribution in [3.63, 3.8) is 0 Å². The molecule has 1 aromatic heterocycles. The molecule has 3 aliphatic heterocycles. The van der Waals surface area contributed by atoms with Crippen LogP contribution in [0.1, 0.15) is 34.7 Å². The van der Waals surface area contributed by atoms with E-state index in [1.807, 2.05) is 36.4 Å². The van der Waals surface area contributed by atoms with E-state index in [0.29, 0.717) is 34.9 Å². The van der Waals surface area contributed by atoms with Gasteiger partial charge in [0.25, 0.3) is 5.91 Å². The molecule has 5 heteroatoms. The van der Waals surface area contributed by atoms with Gasteiger partial charge in [0.05, 0.1) is 5.56 Å². The van der Waals surface area contributed by atoms with Gasteiger partial charge in [-0.25, -0.2) is 4.98 Å². The molecule has 0 saturated carbocycles. The topological polar surface area (TPSA) is 58.4 Å². The standard InChI is InChI=1S/C22H23N3O2/c26-22(23-18-14-25-11-9-16(18)10-12-25)17-7-4-8-19-21(17)24-20(27-19)13-15-5-2-1-3-6-15/h1-8,16,18H,9-14H2,(H,23,26)/t18-/m1/s1. The summed E-state index contributed by atoms with van der Waals surface area (Å²) >= 11 is 0. The second kappa shape index (κ2) is 6.82. The van der Waals surface area contributed by atoms with E-state index in [9.17, 15) is 4.79 Å². The van der Waals surface area contributed by atoms with Crippen LogP contribution in [0.5, 0.6) is 0 Å². The molecule has 1 amide bonds. The third-order valence-electron chi connectivity index (χ3n) is 5.88. The molecule has 2 aromatic carbocycles. The number of benzene rings is 2. The Bertz CT molecular complexity index is 958. The number of amides is 1. The molecule has 1 atom stereocenters. The quantitative estimate of drug-likeness (QED) is 0.775. The molecule has 3 fully saturated rings. The van der Waals surface area contributed by atoms with Crippen LogP contribution in [0.15, 0.2) is 52.9 Å². The zero-order chi connectivity index (χ0) is 18.2. The lowest BCUT2D eigenvalue weighted by molar-refractivity contribution is 0.0621. The molecular weight excluding hydrogens is 338 g/mol. The first kappa shape index (κ1) is 16.5. The van der Waals surface area contributed by atoms with Crippen molar-refractivity contribution in [2.24, 2.45) is 5.92 Å². The number of rotatable bonds is 4. The van der Waals surface area contributed by atoms with Crippen LogP contribution in [0.3, 0.4) is 0 Å². The van der Waals surface area contributed by atoms with Gasteiger partial charge in [0.1, 0.15) is 5.52 Å². The number of nitrogens with zero attached hydrogens (tertiary/aromatic N) is 2. The number of carbonyl (C=O) groups excluding carboxylic acids is 1. The summed E-state index contributed by atoms with van der Waals surface area (Å²) in [6, 6.07) is 15.9. The molecule has 0 unspecified atom stereocenters. The van der Waals surface area contributed by atoms with E-state index >= 15 is 0 Å². The molecule has 3 aromatic rings. The molecule has 3 aliphatic rings. The number of carbonyl (C=O) groups is 1. The number of para-hydroxylation sites is 1. The van der Waals surface area contributed by atoms with Gasteiger partial charge in [-0.2, -0.15) is 0 Å². The van der Waals surface area contributed by atoms with E-state index in [1.54, 1.807) is 0 Å². The van der Waals surface area contributed by atoms with Crippen molar-refractivity contribution in [1.82, 2.24) is 15.2 Å². The fourth-order valence-electron chi connectivity index (χ4n) is 4.40. The summed E-state index contributed by atoms with van der Waals surface area (Å²) in [5.41, 5.74) is 3.07. The maximum Gasteiger partial charge on any atom is 0.253 e. The predicted molar refractivity (Wildman–Crippen MR) is 104 cm³/mol. The first-order chi connectivity index (χ1) is 13.3. The van der Waals surface area contributed by atoms with Gasteiger partial charge < -0.3 is 14.6 Å². The highest BCUT2D eigenvalue weighted by atomic mass is 16.3. The molecule has 4 heterocycles. The third kappa shape index (κ3) is 3.23. The number of nitrogens with one attached hydrogen (secondary N) is 1. The van der Waals surface area contributed by atoms with E-state index in [-0.39, 0.29) is 11.9 Å². The molecule has 0 radical (unpaired) electrons. The maximum atomic E-state index is 13.0. The van der Waals surface area contributed by atoms with Crippen LogP contribution in [-0.2, 0) is 6.42 Å². The van der Waals surface area contributed by atoms with Crippen LogP contribution in [0, 0.1) is 5.92 Å². The minimum absolute atomic E-state index is 0.0427. The normalized spacial score (nSPS) is 24.2. The summed E-state index contributed by atoms with van der Waals surface area (Å²) in [6.45, 7) is 3.29. The molecule has 0 spiro atoms. The number of oxazole rings is 1. The van der Waals surface area contributed by atoms with Gasteiger partial charge in [-0.05, 0) is 49.5 Å². The van der Waals surface area contributed by atoms with Crippen molar-refractivity contribution in [3.05, 3.63) is 65.5 Å². The first-order valence-corrected chi connectivity index (χ1v) is 9.72. The van der Waals surface area contributed by atoms with Crippen molar-refractivity contribution in [2.75, 3.05) is 19.6 Å². The Morgan fingerprint density at radius 2 is 1.93 bits per heavy atom. The zero-order valence-electron chi connectivity index (χ0n) is 15.2. The highest BCUT2D eigenvalue weighted by molar-refractivity contribution is 6.04. The number of aromatic nitrogens is 1. The van der Waals surface area contributed by atoms with Crippen molar-refractivity contribution in [2.45, 2.75) is 25.3 Å². The van der Waals surface area contributed by atoms with Crippen molar-refractivity contribution >= 4 is 17.0 Å². The third-order valence-corrected chi connectivity index (χ3v) is 5.88. The van der Waals surface area contributed by atoms with Crippen LogP contribution < -0.4 is 5.32 Å². The summed E-state index contributed by atoms with van der Waals surface area (Å²) < 4.78 is 5.90. The summed E-state index contributed by atoms with van der Waals surface area (Å²) in [5, 5.41) is 3.26. The van der Waals surface area contributed by atoms with Gasteiger partial charge in [0.2, 0.25) is 0 Å². The Hall–Kier alpha value is -2.66. The number of fused-ring (bicyclic) bond motifs is 4. The summed E-state index contributed by atoms with van der Waals surface area (Å²) in [6.07, 6.45) is 2.98. The molecule has 0 aliphatic carbocycles. The molecule has 6 rings (SSSR count). The van der Waals surface area contributed by atoms with Gasteiger partial charge in [0, 0.05) is 19.0 Å². The van der Waals surface area contributed by atoms with Gasteiger partial charge in [0.15, 0.2) is 11.5 Å². The number of hydrogen-bond acceptors (Lipinski definition) is 4. The monoisotopic (exact) mass is 361 g/mol. The smallest absolute Gasteiger partial charge is 0.253 e. The first-order valence-electron chi connectivity index (χ1n) is 9.72. The fourth-order valence-corrected chi connectivity index (χ4v) is 4.40. The van der Waals surface area contributed by atoms with Crippen LogP contribution in [0.4, 0.5) is 0 Å². The second-order valence-corrected chi connectivity index (χ2v) is 7.64. The van der Waals surface area contributed by atoms with Crippen molar-refractivity contribution < 1.29 is 9.21 Å². The predicted octanol–water partition coefficient (Wildman–Crippen LogP) is 3.24. The van der Waals surface area contributed by atoms with Gasteiger partial charge in [-0.15, -0.1) is 0 Å². The highest BCUT2D eigenvalue weighted by Crippen LogP contribution is 2.28. The molecular formula is C22H23N3O2. The Kier molecular flexibility index (Phi) is 4.17. The van der Waals surface area contributed by atoms with Gasteiger partial charge >= 0.3 is 0 Å². The second-order valence-electron chi connectivity index (χ2n) is 7.64. The average molecular weight is 361 g/mol. The molecule has 2 bridgehead atoms. The number of hydrogen-bond donors (Lipinski definition) is 1. The Labute approximate surface area is 158 Å². The van der Waals surface area contributed by atoms with Crippen molar-refractivity contribution in [1.29, 1.82) is 0 Å². The van der Waals surface area contributed by atoms with E-state index in [0.717, 1.165) is 12.1 Å². The summed E-state index contributed by atoms with van der Waals surface area (Å²) in [7, 11) is 0. The molecule has 3 saturated heterocycles. The van der Waals surface area contributed by atoms with Crippen LogP contribution in [0.2, 0.25) is 0 Å². The zero-order valence-corrected chi connectivity index (χ0v) is 15.2. The molecule has 5 nitrogen and oxygen atoms in total. The lowest BCUT2D eigenvalue weighted by Crippen LogP contribution is -2.57. The Balaban J connectivity index is 1.39. The van der Waals surface area contributed by atoms with Crippen LogP contribution in [-0.4, -0.2) is 41.5 Å². The molecule has 1 N–H and O–H groups in total. The average Bonchev–Trinajstić information content (AvgIpc) is 3.12. The van der Waals surface area contributed by atoms with E-state index < -0.39 is 0 Å². The fraction of sp³-hybridized carbons (Fsp3) is 0.364. The largest absolute Gasteiger partial charge is 0.440 e. The lowest BCUT2D eigenvalue weighted by atomic mass is 9.84. The Morgan fingerprint density at radius 1 is 1.11 bits per heavy atom. The highest BCUT2D eigenvalue weighted by Gasteiger charge is 2.35. The summed E-state index contributed by atoms with van der Waals surface area (Å²) in [4.78, 5) is 20.0. The van der Waals surface area contributed by atoms with Crippen molar-refractivity contribution in [3.8, 4) is 0 Å². The van der Waals surface area contributed by atoms with E-state index in [4.69, 9.17) is 4.42 Å². The minimum atomic E-state index is -0.0427. The summed E-state index contributed by atoms with van der Waals surface area (Å²) in [5.74, 6) is 1.20. The van der Waals surface area contributed by atoms with Gasteiger partial charge in [-0.3, -0.25) is 4.79 Å². The number of piperidine rings is 3. The lowest BCUT2D eigenvalue weighted by Gasteiger charge is -2.44. The van der Waals surface area contributed by atoms with E-state index in [2.05, 4.69) is 27.3 Å².